The summed E-state index contributed by atoms with van der Waals surface area (Å²) in [5.41, 5.74) is 14.3. The lowest BCUT2D eigenvalue weighted by molar-refractivity contribution is 0.935. The number of rotatable bonds is 4. The molecule has 151 valence electrons. The summed E-state index contributed by atoms with van der Waals surface area (Å²) in [5, 5.41) is 0.851. The van der Waals surface area contributed by atoms with Crippen molar-refractivity contribution in [3.8, 4) is 16.9 Å². The van der Waals surface area contributed by atoms with E-state index in [4.69, 9.17) is 11.5 Å². The number of benzene rings is 2. The van der Waals surface area contributed by atoms with Crippen molar-refractivity contribution in [1.29, 1.82) is 0 Å². The number of nitrogens with one attached hydrogen (secondary N) is 1. The monoisotopic (exact) mass is 399 g/mol. The number of nitrogens with two attached hydrogens (primary N) is 2. The maximum absolute atomic E-state index is 12.4. The molecule has 0 amide bonds. The third kappa shape index (κ3) is 4.97. The Kier molecular flexibility index (Phi) is 6.69. The van der Waals surface area contributed by atoms with E-state index in [0.717, 1.165) is 22.1 Å². The van der Waals surface area contributed by atoms with Gasteiger partial charge in [-0.2, -0.15) is 4.98 Å². The minimum atomic E-state index is -0.357. The molecule has 0 aliphatic heterocycles. The summed E-state index contributed by atoms with van der Waals surface area (Å²) in [5.74, 6) is -0.00775. The van der Waals surface area contributed by atoms with Crippen LogP contribution in [0.4, 0.5) is 0 Å². The van der Waals surface area contributed by atoms with Crippen molar-refractivity contribution in [1.82, 2.24) is 14.5 Å². The van der Waals surface area contributed by atoms with E-state index in [9.17, 15) is 4.79 Å². The molecule has 0 saturated carbocycles. The standard InChI is InChI=1S/C19H16BN6O.C3H8/c21-18(22)25-20-14-6-8-15(9-7-14)26-11-13-10-16(12-4-2-1-3-5-12)23-17(13)24-19(26)27;1-3-2/h1-11H,(H4,21,22,25)(H,23,24,27);3H2,1-2H3. The summed E-state index contributed by atoms with van der Waals surface area (Å²) >= 11 is 0. The van der Waals surface area contributed by atoms with Crippen molar-refractivity contribution in [3.05, 3.63) is 77.3 Å². The average molecular weight is 399 g/mol. The topological polar surface area (TPSA) is 115 Å². The van der Waals surface area contributed by atoms with Gasteiger partial charge in [-0.3, -0.25) is 4.57 Å². The van der Waals surface area contributed by atoms with Gasteiger partial charge in [0.1, 0.15) is 5.65 Å². The molecule has 30 heavy (non-hydrogen) atoms. The van der Waals surface area contributed by atoms with Crippen LogP contribution in [0.3, 0.4) is 0 Å². The van der Waals surface area contributed by atoms with Gasteiger partial charge in [0.2, 0.25) is 0 Å². The Bertz CT molecular complexity index is 1190. The van der Waals surface area contributed by atoms with Crippen molar-refractivity contribution < 1.29 is 0 Å². The second-order valence-corrected chi connectivity index (χ2v) is 6.73. The SMILES string of the molecule is CCC.NC(N)=N[B]c1ccc(-n2cc3cc(-c4ccccc4)[nH]c3nc2=O)cc1. The van der Waals surface area contributed by atoms with Crippen LogP contribution in [-0.2, 0) is 0 Å². The molecule has 0 aliphatic rings. The highest BCUT2D eigenvalue weighted by Gasteiger charge is 2.09. The lowest BCUT2D eigenvalue weighted by atomic mass is 9.84. The van der Waals surface area contributed by atoms with Crippen molar-refractivity contribution in [2.24, 2.45) is 16.4 Å². The van der Waals surface area contributed by atoms with Crippen LogP contribution in [0.15, 0.2) is 76.6 Å². The van der Waals surface area contributed by atoms with Crippen LogP contribution in [0.5, 0.6) is 0 Å². The lowest BCUT2D eigenvalue weighted by Gasteiger charge is -2.05. The van der Waals surface area contributed by atoms with E-state index in [0.29, 0.717) is 11.3 Å². The second-order valence-electron chi connectivity index (χ2n) is 6.73. The molecule has 8 heteroatoms. The second kappa shape index (κ2) is 9.60. The van der Waals surface area contributed by atoms with Gasteiger partial charge < -0.3 is 21.4 Å². The average Bonchev–Trinajstić information content (AvgIpc) is 3.16. The first-order chi connectivity index (χ1) is 14.5. The van der Waals surface area contributed by atoms with Crippen LogP contribution in [-0.4, -0.2) is 27.9 Å². The number of nitrogens with zero attached hydrogens (tertiary/aromatic N) is 3. The zero-order valence-electron chi connectivity index (χ0n) is 17.0. The van der Waals surface area contributed by atoms with Crippen molar-refractivity contribution in [3.63, 3.8) is 0 Å². The zero-order chi connectivity index (χ0) is 21.5. The molecule has 4 rings (SSSR count). The fourth-order valence-corrected chi connectivity index (χ4v) is 2.82. The Morgan fingerprint density at radius 3 is 2.40 bits per heavy atom. The van der Waals surface area contributed by atoms with Gasteiger partial charge in [-0.05, 0) is 23.8 Å². The Morgan fingerprint density at radius 2 is 1.77 bits per heavy atom. The maximum Gasteiger partial charge on any atom is 0.354 e. The fourth-order valence-electron chi connectivity index (χ4n) is 2.82. The van der Waals surface area contributed by atoms with E-state index >= 15 is 0 Å². The number of hydrogen-bond donors (Lipinski definition) is 3. The molecule has 2 aromatic carbocycles. The molecular weight excluding hydrogens is 375 g/mol. The Morgan fingerprint density at radius 1 is 1.10 bits per heavy atom. The highest BCUT2D eigenvalue weighted by Crippen LogP contribution is 2.22. The minimum Gasteiger partial charge on any atom is -0.371 e. The van der Waals surface area contributed by atoms with Crippen LogP contribution >= 0.6 is 0 Å². The largest absolute Gasteiger partial charge is 0.371 e. The number of H-pyrrole nitrogens is 1. The van der Waals surface area contributed by atoms with Crippen molar-refractivity contribution in [2.45, 2.75) is 20.3 Å². The summed E-state index contributed by atoms with van der Waals surface area (Å²) < 4.78 is 1.51. The smallest absolute Gasteiger partial charge is 0.354 e. The van der Waals surface area contributed by atoms with Crippen LogP contribution < -0.4 is 22.6 Å². The predicted octanol–water partition coefficient (Wildman–Crippen LogP) is 2.32. The van der Waals surface area contributed by atoms with Crippen LogP contribution in [0.25, 0.3) is 28.0 Å². The van der Waals surface area contributed by atoms with Gasteiger partial charge in [-0.25, -0.2) is 4.79 Å². The molecule has 0 bridgehead atoms. The molecule has 5 N–H and O–H groups in total. The summed E-state index contributed by atoms with van der Waals surface area (Å²) in [6.07, 6.45) is 3.03. The number of fused-ring (bicyclic) bond motifs is 1. The first-order valence-electron chi connectivity index (χ1n) is 9.72. The zero-order valence-corrected chi connectivity index (χ0v) is 17.0. The predicted molar refractivity (Wildman–Crippen MR) is 124 cm³/mol. The Balaban J connectivity index is 0.000000806. The van der Waals surface area contributed by atoms with Gasteiger partial charge in [0.25, 0.3) is 0 Å². The van der Waals surface area contributed by atoms with Crippen LogP contribution in [0, 0.1) is 0 Å². The summed E-state index contributed by atoms with van der Waals surface area (Å²) in [4.78, 5) is 23.7. The number of hydrogen-bond acceptors (Lipinski definition) is 3. The van der Waals surface area contributed by atoms with Gasteiger partial charge in [0.05, 0.1) is 5.69 Å². The highest BCUT2D eigenvalue weighted by molar-refractivity contribution is 6.53. The molecule has 0 unspecified atom stereocenters. The van der Waals surface area contributed by atoms with Crippen LogP contribution in [0.2, 0.25) is 0 Å². The number of guanidine groups is 1. The first kappa shape index (κ1) is 20.9. The number of aromatic nitrogens is 3. The third-order valence-electron chi connectivity index (χ3n) is 4.13. The fraction of sp³-hybridized carbons (Fsp3) is 0.136. The molecule has 7 nitrogen and oxygen atoms in total. The maximum atomic E-state index is 12.4. The molecule has 0 aliphatic carbocycles. The van der Waals surface area contributed by atoms with Gasteiger partial charge in [0.15, 0.2) is 5.96 Å². The molecule has 0 fully saturated rings. The number of aromatic amines is 1. The van der Waals surface area contributed by atoms with E-state index in [-0.39, 0.29) is 11.6 Å². The molecule has 0 saturated heterocycles. The summed E-state index contributed by atoms with van der Waals surface area (Å²) in [7, 11) is 1.56. The first-order valence-corrected chi connectivity index (χ1v) is 9.72. The van der Waals surface area contributed by atoms with E-state index in [1.807, 2.05) is 60.7 Å². The highest BCUT2D eigenvalue weighted by atomic mass is 16.1. The molecule has 1 radical (unpaired) electrons. The van der Waals surface area contributed by atoms with Gasteiger partial charge in [-0.1, -0.05) is 68.2 Å². The van der Waals surface area contributed by atoms with Gasteiger partial charge in [0, 0.05) is 17.3 Å². The summed E-state index contributed by atoms with van der Waals surface area (Å²) in [6, 6.07) is 19.2. The van der Waals surface area contributed by atoms with Crippen LogP contribution in [0.1, 0.15) is 20.3 Å². The lowest BCUT2D eigenvalue weighted by Crippen LogP contribution is -2.26. The quantitative estimate of drug-likeness (QED) is 0.278. The Labute approximate surface area is 175 Å². The normalized spacial score (nSPS) is 10.2. The minimum absolute atomic E-state index is 0.00775. The van der Waals surface area contributed by atoms with E-state index in [1.165, 1.54) is 11.0 Å². The van der Waals surface area contributed by atoms with E-state index < -0.39 is 0 Å². The van der Waals surface area contributed by atoms with E-state index in [1.54, 1.807) is 13.6 Å². The Hall–Kier alpha value is -3.81. The molecule has 4 aromatic rings. The van der Waals surface area contributed by atoms with Crippen molar-refractivity contribution >= 4 is 29.9 Å². The van der Waals surface area contributed by atoms with Gasteiger partial charge in [-0.15, -0.1) is 0 Å². The molecule has 2 aromatic heterocycles. The van der Waals surface area contributed by atoms with Crippen molar-refractivity contribution in [2.75, 3.05) is 0 Å². The van der Waals surface area contributed by atoms with Gasteiger partial charge >= 0.3 is 13.1 Å². The molecule has 0 spiro atoms. The molecule has 2 heterocycles. The van der Waals surface area contributed by atoms with E-state index in [2.05, 4.69) is 28.7 Å². The molecular formula is C22H24BN6O. The summed E-state index contributed by atoms with van der Waals surface area (Å²) in [6.45, 7) is 4.25. The molecule has 0 atom stereocenters. The third-order valence-corrected chi connectivity index (χ3v) is 4.13.